The number of carboxylic acid groups (broad SMARTS) is 1. The number of nitrogens with zero attached hydrogens (tertiary/aromatic N) is 2. The van der Waals surface area contributed by atoms with Gasteiger partial charge in [-0.05, 0) is 12.5 Å². The summed E-state index contributed by atoms with van der Waals surface area (Å²) in [6.45, 7) is 1.61. The number of hydrogen-bond acceptors (Lipinski definition) is 4. The standard InChI is InChI=1S/C15H12N2O3S/c1-9-2-4-10(5-3-9)11-7-21-14-13(11)15(20)17(8-16-14)6-12(18)19/h2-5,7-8H,6H2,1H3,(H,18,19). The molecule has 0 aliphatic carbocycles. The fraction of sp³-hybridized carbons (Fsp3) is 0.133. The Morgan fingerprint density at radius 2 is 2.05 bits per heavy atom. The van der Waals surface area contributed by atoms with Gasteiger partial charge in [0.1, 0.15) is 11.4 Å². The van der Waals surface area contributed by atoms with Crippen molar-refractivity contribution < 1.29 is 9.90 Å². The van der Waals surface area contributed by atoms with E-state index in [0.29, 0.717) is 10.2 Å². The van der Waals surface area contributed by atoms with E-state index < -0.39 is 5.97 Å². The lowest BCUT2D eigenvalue weighted by Crippen LogP contribution is -2.24. The summed E-state index contributed by atoms with van der Waals surface area (Å²) in [5, 5.41) is 11.2. The monoisotopic (exact) mass is 300 g/mol. The molecule has 1 N–H and O–H groups in total. The largest absolute Gasteiger partial charge is 0.480 e. The molecule has 5 nitrogen and oxygen atoms in total. The molecule has 0 radical (unpaired) electrons. The number of hydrogen-bond donors (Lipinski definition) is 1. The summed E-state index contributed by atoms with van der Waals surface area (Å²) in [7, 11) is 0. The van der Waals surface area contributed by atoms with Crippen LogP contribution in [0.3, 0.4) is 0 Å². The lowest BCUT2D eigenvalue weighted by Gasteiger charge is -2.03. The Hall–Kier alpha value is -2.47. The number of aryl methyl sites for hydroxylation is 1. The molecular weight excluding hydrogens is 288 g/mol. The first-order valence-electron chi connectivity index (χ1n) is 6.32. The SMILES string of the molecule is Cc1ccc(-c2csc3ncn(CC(=O)O)c(=O)c23)cc1. The highest BCUT2D eigenvalue weighted by molar-refractivity contribution is 7.17. The highest BCUT2D eigenvalue weighted by atomic mass is 32.1. The van der Waals surface area contributed by atoms with Crippen LogP contribution in [0.2, 0.25) is 0 Å². The summed E-state index contributed by atoms with van der Waals surface area (Å²) in [5.41, 5.74) is 2.55. The third-order valence-electron chi connectivity index (χ3n) is 3.23. The van der Waals surface area contributed by atoms with Gasteiger partial charge in [-0.2, -0.15) is 0 Å². The van der Waals surface area contributed by atoms with Crippen LogP contribution >= 0.6 is 11.3 Å². The molecule has 1 aromatic carbocycles. The lowest BCUT2D eigenvalue weighted by atomic mass is 10.1. The molecule has 0 aliphatic heterocycles. The molecule has 0 atom stereocenters. The van der Waals surface area contributed by atoms with Crippen LogP contribution in [0.25, 0.3) is 21.3 Å². The van der Waals surface area contributed by atoms with Gasteiger partial charge in [-0.25, -0.2) is 4.98 Å². The normalized spacial score (nSPS) is 10.9. The first-order chi connectivity index (χ1) is 10.1. The van der Waals surface area contributed by atoms with E-state index in [1.165, 1.54) is 17.7 Å². The van der Waals surface area contributed by atoms with Crippen molar-refractivity contribution in [2.75, 3.05) is 0 Å². The molecule has 0 saturated carbocycles. The number of rotatable bonds is 3. The molecule has 0 amide bonds. The number of fused-ring (bicyclic) bond motifs is 1. The van der Waals surface area contributed by atoms with Crippen molar-refractivity contribution in [2.24, 2.45) is 0 Å². The fourth-order valence-corrected chi connectivity index (χ4v) is 3.08. The van der Waals surface area contributed by atoms with Crippen LogP contribution in [0.5, 0.6) is 0 Å². The van der Waals surface area contributed by atoms with Gasteiger partial charge < -0.3 is 5.11 Å². The highest BCUT2D eigenvalue weighted by Gasteiger charge is 2.14. The number of aromatic nitrogens is 2. The van der Waals surface area contributed by atoms with Gasteiger partial charge in [-0.15, -0.1) is 11.3 Å². The van der Waals surface area contributed by atoms with Gasteiger partial charge in [0.25, 0.3) is 5.56 Å². The molecular formula is C15H12N2O3S. The van der Waals surface area contributed by atoms with E-state index in [-0.39, 0.29) is 12.1 Å². The topological polar surface area (TPSA) is 72.2 Å². The van der Waals surface area contributed by atoms with Crippen molar-refractivity contribution in [3.05, 3.63) is 51.9 Å². The molecule has 2 heterocycles. The molecule has 3 aromatic rings. The molecule has 106 valence electrons. The molecule has 0 saturated heterocycles. The minimum Gasteiger partial charge on any atom is -0.480 e. The van der Waals surface area contributed by atoms with Crippen LogP contribution in [0.1, 0.15) is 5.56 Å². The number of benzene rings is 1. The van der Waals surface area contributed by atoms with E-state index in [0.717, 1.165) is 21.3 Å². The van der Waals surface area contributed by atoms with Gasteiger partial charge in [0.15, 0.2) is 0 Å². The summed E-state index contributed by atoms with van der Waals surface area (Å²) in [4.78, 5) is 28.1. The van der Waals surface area contributed by atoms with Crippen LogP contribution in [0.4, 0.5) is 0 Å². The second-order valence-corrected chi connectivity index (χ2v) is 5.63. The van der Waals surface area contributed by atoms with E-state index in [9.17, 15) is 9.59 Å². The second-order valence-electron chi connectivity index (χ2n) is 4.77. The van der Waals surface area contributed by atoms with Crippen molar-refractivity contribution in [1.29, 1.82) is 0 Å². The van der Waals surface area contributed by atoms with Crippen LogP contribution in [-0.4, -0.2) is 20.6 Å². The lowest BCUT2D eigenvalue weighted by molar-refractivity contribution is -0.137. The summed E-state index contributed by atoms with van der Waals surface area (Å²) < 4.78 is 1.12. The third kappa shape index (κ3) is 2.45. The van der Waals surface area contributed by atoms with E-state index in [4.69, 9.17) is 5.11 Å². The van der Waals surface area contributed by atoms with Crippen molar-refractivity contribution in [1.82, 2.24) is 9.55 Å². The smallest absolute Gasteiger partial charge is 0.323 e. The Kier molecular flexibility index (Phi) is 3.31. The molecule has 2 aromatic heterocycles. The minimum absolute atomic E-state index is 0.320. The van der Waals surface area contributed by atoms with Crippen molar-refractivity contribution in [2.45, 2.75) is 13.5 Å². The number of thiophene rings is 1. The second kappa shape index (κ2) is 5.14. The Morgan fingerprint density at radius 1 is 1.33 bits per heavy atom. The maximum atomic E-state index is 12.5. The predicted molar refractivity (Wildman–Crippen MR) is 81.7 cm³/mol. The Bertz CT molecular complexity index is 878. The summed E-state index contributed by atoms with van der Waals surface area (Å²) in [6, 6.07) is 7.85. The van der Waals surface area contributed by atoms with E-state index in [1.54, 1.807) is 0 Å². The van der Waals surface area contributed by atoms with E-state index in [2.05, 4.69) is 4.98 Å². The van der Waals surface area contributed by atoms with Crippen LogP contribution in [-0.2, 0) is 11.3 Å². The molecule has 21 heavy (non-hydrogen) atoms. The Balaban J connectivity index is 2.22. The maximum absolute atomic E-state index is 12.5. The average Bonchev–Trinajstić information content (AvgIpc) is 2.87. The van der Waals surface area contributed by atoms with Gasteiger partial charge >= 0.3 is 5.97 Å². The van der Waals surface area contributed by atoms with Crippen molar-refractivity contribution in [3.8, 4) is 11.1 Å². The molecule has 3 rings (SSSR count). The molecule has 0 bridgehead atoms. The molecule has 0 unspecified atom stereocenters. The van der Waals surface area contributed by atoms with Crippen LogP contribution in [0.15, 0.2) is 40.8 Å². The molecule has 6 heteroatoms. The van der Waals surface area contributed by atoms with E-state index >= 15 is 0 Å². The van der Waals surface area contributed by atoms with Gasteiger partial charge in [0.05, 0.1) is 11.7 Å². The predicted octanol–water partition coefficient (Wildman–Crippen LogP) is 2.52. The van der Waals surface area contributed by atoms with Crippen molar-refractivity contribution in [3.63, 3.8) is 0 Å². The molecule has 0 fully saturated rings. The maximum Gasteiger partial charge on any atom is 0.323 e. The first-order valence-corrected chi connectivity index (χ1v) is 7.19. The summed E-state index contributed by atoms with van der Waals surface area (Å²) >= 11 is 1.38. The van der Waals surface area contributed by atoms with Gasteiger partial charge in [-0.3, -0.25) is 14.2 Å². The zero-order chi connectivity index (χ0) is 15.0. The molecule has 0 spiro atoms. The zero-order valence-corrected chi connectivity index (χ0v) is 12.1. The third-order valence-corrected chi connectivity index (χ3v) is 4.12. The minimum atomic E-state index is -1.06. The Morgan fingerprint density at radius 3 is 2.71 bits per heavy atom. The Labute approximate surface area is 124 Å². The molecule has 0 aliphatic rings. The van der Waals surface area contributed by atoms with Crippen LogP contribution < -0.4 is 5.56 Å². The van der Waals surface area contributed by atoms with Gasteiger partial charge in [0, 0.05) is 10.9 Å². The zero-order valence-electron chi connectivity index (χ0n) is 11.2. The number of carbonyl (C=O) groups is 1. The highest BCUT2D eigenvalue weighted by Crippen LogP contribution is 2.30. The van der Waals surface area contributed by atoms with Crippen LogP contribution in [0, 0.1) is 6.92 Å². The van der Waals surface area contributed by atoms with Gasteiger partial charge in [0.2, 0.25) is 0 Å². The number of carboxylic acids is 1. The first kappa shape index (κ1) is 13.5. The van der Waals surface area contributed by atoms with Gasteiger partial charge in [-0.1, -0.05) is 29.8 Å². The quantitative estimate of drug-likeness (QED) is 0.806. The van der Waals surface area contributed by atoms with E-state index in [1.807, 2.05) is 36.6 Å². The summed E-state index contributed by atoms with van der Waals surface area (Å²) in [6.07, 6.45) is 1.29. The average molecular weight is 300 g/mol. The summed E-state index contributed by atoms with van der Waals surface area (Å²) in [5.74, 6) is -1.06. The van der Waals surface area contributed by atoms with Crippen molar-refractivity contribution >= 4 is 27.5 Å². The fourth-order valence-electron chi connectivity index (χ4n) is 2.17. The number of aliphatic carboxylic acids is 1.